The first-order chi connectivity index (χ1) is 10.7. The highest BCUT2D eigenvalue weighted by Crippen LogP contribution is 2.35. The molecular formula is C14H12F3NO5. The van der Waals surface area contributed by atoms with Crippen LogP contribution >= 0.6 is 0 Å². The number of benzene rings is 1. The van der Waals surface area contributed by atoms with E-state index in [1.54, 1.807) is 0 Å². The Balaban J connectivity index is 2.08. The molecule has 6 nitrogen and oxygen atoms in total. The van der Waals surface area contributed by atoms with Crippen LogP contribution in [0.1, 0.15) is 37.0 Å². The maximum Gasteiger partial charge on any atom is 0.534 e. The second-order valence-electron chi connectivity index (χ2n) is 4.77. The zero-order valence-corrected chi connectivity index (χ0v) is 11.9. The molecule has 1 atom stereocenters. The monoisotopic (exact) mass is 331 g/mol. The number of carbonyl (C=O) groups is 3. The summed E-state index contributed by atoms with van der Waals surface area (Å²) >= 11 is 0. The molecule has 1 fully saturated rings. The summed E-state index contributed by atoms with van der Waals surface area (Å²) in [4.78, 5) is 38.6. The van der Waals surface area contributed by atoms with E-state index in [-0.39, 0.29) is 23.5 Å². The predicted octanol–water partition coefficient (Wildman–Crippen LogP) is 2.98. The highest BCUT2D eigenvalue weighted by Gasteiger charge is 2.36. The van der Waals surface area contributed by atoms with Crippen molar-refractivity contribution in [2.24, 2.45) is 0 Å². The van der Waals surface area contributed by atoms with Gasteiger partial charge in [-0.15, -0.1) is 0 Å². The summed E-state index contributed by atoms with van der Waals surface area (Å²) in [5.74, 6) is -1.43. The third kappa shape index (κ3) is 3.79. The number of ether oxygens (including phenoxy) is 1. The first-order valence-electron chi connectivity index (χ1n) is 6.60. The molecule has 1 unspecified atom stereocenters. The fourth-order valence-electron chi connectivity index (χ4n) is 2.07. The smallest absolute Gasteiger partial charge is 0.425 e. The van der Waals surface area contributed by atoms with Crippen LogP contribution in [0.3, 0.4) is 0 Å². The van der Waals surface area contributed by atoms with Crippen LogP contribution in [-0.4, -0.2) is 23.0 Å². The number of hydroxylamine groups is 2. The van der Waals surface area contributed by atoms with Crippen LogP contribution in [0.15, 0.2) is 24.3 Å². The molecule has 9 heteroatoms. The van der Waals surface area contributed by atoms with Gasteiger partial charge in [0, 0.05) is 18.4 Å². The van der Waals surface area contributed by atoms with Crippen LogP contribution in [0.5, 0.6) is 0 Å². The number of carbonyl (C=O) groups excluding carboxylic acids is 3. The number of imide groups is 1. The summed E-state index contributed by atoms with van der Waals surface area (Å²) in [6, 6.07) is 4.59. The highest BCUT2D eigenvalue weighted by molar-refractivity contribution is 6.01. The molecule has 124 valence electrons. The molecule has 1 saturated heterocycles. The normalized spacial score (nSPS) is 16.4. The van der Waals surface area contributed by atoms with Crippen LogP contribution in [0.4, 0.5) is 18.0 Å². The quantitative estimate of drug-likeness (QED) is 0.629. The molecule has 0 N–H and O–H groups in total. The van der Waals surface area contributed by atoms with Gasteiger partial charge in [0.1, 0.15) is 6.10 Å². The van der Waals surface area contributed by atoms with E-state index in [4.69, 9.17) is 4.74 Å². The zero-order chi connectivity index (χ0) is 17.2. The van der Waals surface area contributed by atoms with Crippen molar-refractivity contribution in [2.45, 2.75) is 32.0 Å². The Bertz CT molecular complexity index is 628. The van der Waals surface area contributed by atoms with Gasteiger partial charge in [-0.05, 0) is 13.0 Å². The largest absolute Gasteiger partial charge is 0.534 e. The van der Waals surface area contributed by atoms with E-state index >= 15 is 0 Å². The lowest BCUT2D eigenvalue weighted by Crippen LogP contribution is -2.32. The number of nitrogens with zero attached hydrogens (tertiary/aromatic N) is 1. The average Bonchev–Trinajstić information content (AvgIpc) is 2.78. The summed E-state index contributed by atoms with van der Waals surface area (Å²) in [6.07, 6.45) is -7.53. The van der Waals surface area contributed by atoms with Crippen LogP contribution in [0.2, 0.25) is 0 Å². The minimum Gasteiger partial charge on any atom is -0.425 e. The Morgan fingerprint density at radius 1 is 1.17 bits per heavy atom. The second kappa shape index (κ2) is 6.27. The van der Waals surface area contributed by atoms with Gasteiger partial charge >= 0.3 is 12.3 Å². The van der Waals surface area contributed by atoms with Crippen molar-refractivity contribution in [1.82, 2.24) is 5.06 Å². The number of hydrogen-bond donors (Lipinski definition) is 0. The average molecular weight is 331 g/mol. The lowest BCUT2D eigenvalue weighted by atomic mass is 10.0. The van der Waals surface area contributed by atoms with Gasteiger partial charge < -0.3 is 4.74 Å². The molecule has 1 aromatic rings. The van der Waals surface area contributed by atoms with E-state index < -0.39 is 35.8 Å². The van der Waals surface area contributed by atoms with Gasteiger partial charge in [-0.2, -0.15) is 13.2 Å². The molecule has 2 amide bonds. The van der Waals surface area contributed by atoms with Crippen molar-refractivity contribution in [1.29, 1.82) is 0 Å². The van der Waals surface area contributed by atoms with Crippen LogP contribution in [0.25, 0.3) is 0 Å². The fraction of sp³-hybridized carbons (Fsp3) is 0.357. The van der Waals surface area contributed by atoms with Gasteiger partial charge in [-0.1, -0.05) is 23.3 Å². The number of amides is 2. The second-order valence-corrected chi connectivity index (χ2v) is 4.77. The third-order valence-electron chi connectivity index (χ3n) is 3.15. The van der Waals surface area contributed by atoms with E-state index in [0.717, 1.165) is 12.1 Å². The maximum absolute atomic E-state index is 12.9. The molecule has 1 heterocycles. The molecule has 0 aromatic heterocycles. The van der Waals surface area contributed by atoms with E-state index in [1.165, 1.54) is 19.1 Å². The summed E-state index contributed by atoms with van der Waals surface area (Å²) < 4.78 is 43.4. The van der Waals surface area contributed by atoms with E-state index in [2.05, 4.69) is 4.84 Å². The van der Waals surface area contributed by atoms with Gasteiger partial charge in [0.05, 0.1) is 5.56 Å². The lowest BCUT2D eigenvalue weighted by molar-refractivity contribution is -0.178. The Hall–Kier alpha value is -2.58. The van der Waals surface area contributed by atoms with Gasteiger partial charge in [0.2, 0.25) is 0 Å². The first kappa shape index (κ1) is 16.8. The summed E-state index contributed by atoms with van der Waals surface area (Å²) in [7, 11) is 0. The predicted molar refractivity (Wildman–Crippen MR) is 68.5 cm³/mol. The van der Waals surface area contributed by atoms with E-state index in [1.807, 2.05) is 0 Å². The lowest BCUT2D eigenvalue weighted by Gasteiger charge is -2.19. The molecule has 1 aliphatic rings. The maximum atomic E-state index is 12.9. The van der Waals surface area contributed by atoms with Gasteiger partial charge in [-0.25, -0.2) is 4.79 Å². The fourth-order valence-corrected chi connectivity index (χ4v) is 2.07. The summed E-state index contributed by atoms with van der Waals surface area (Å²) in [5, 5.41) is 0.255. The molecule has 2 rings (SSSR count). The van der Waals surface area contributed by atoms with Crippen molar-refractivity contribution < 1.29 is 37.1 Å². The van der Waals surface area contributed by atoms with Crippen molar-refractivity contribution in [2.75, 3.05) is 0 Å². The molecule has 0 radical (unpaired) electrons. The molecule has 23 heavy (non-hydrogen) atoms. The molecule has 0 bridgehead atoms. The van der Waals surface area contributed by atoms with Crippen molar-refractivity contribution in [3.63, 3.8) is 0 Å². The van der Waals surface area contributed by atoms with Crippen LogP contribution < -0.4 is 0 Å². The topological polar surface area (TPSA) is 72.9 Å². The zero-order valence-electron chi connectivity index (χ0n) is 11.9. The van der Waals surface area contributed by atoms with E-state index in [0.29, 0.717) is 0 Å². The Morgan fingerprint density at radius 3 is 2.30 bits per heavy atom. The Labute approximate surface area is 128 Å². The van der Waals surface area contributed by atoms with Crippen LogP contribution in [-0.2, 0) is 25.3 Å². The highest BCUT2D eigenvalue weighted by atomic mass is 19.4. The minimum absolute atomic E-state index is 0.0986. The SMILES string of the molecule is CC(OC(=O)ON1C(=O)CCC1=O)c1ccccc1C(F)(F)F. The standard InChI is InChI=1S/C14H12F3NO5/c1-8(9-4-2-3-5-10(9)14(15,16)17)22-13(21)23-18-11(19)6-7-12(18)20/h2-5,8H,6-7H2,1H3. The molecule has 0 spiro atoms. The number of halogens is 3. The number of rotatable bonds is 3. The molecule has 1 aliphatic heterocycles. The van der Waals surface area contributed by atoms with Crippen molar-refractivity contribution in [3.8, 4) is 0 Å². The number of alkyl halides is 3. The van der Waals surface area contributed by atoms with Gasteiger partial charge in [0.15, 0.2) is 0 Å². The molecule has 0 aliphatic carbocycles. The van der Waals surface area contributed by atoms with Gasteiger partial charge in [0.25, 0.3) is 11.8 Å². The first-order valence-corrected chi connectivity index (χ1v) is 6.60. The van der Waals surface area contributed by atoms with Gasteiger partial charge in [-0.3, -0.25) is 14.4 Å². The molecular weight excluding hydrogens is 319 g/mol. The molecule has 0 saturated carbocycles. The minimum atomic E-state index is -4.61. The third-order valence-corrected chi connectivity index (χ3v) is 3.15. The Kier molecular flexibility index (Phi) is 4.57. The summed E-state index contributed by atoms with van der Waals surface area (Å²) in [6.45, 7) is 1.22. The van der Waals surface area contributed by atoms with Crippen LogP contribution in [0, 0.1) is 0 Å². The molecule has 1 aromatic carbocycles. The van der Waals surface area contributed by atoms with E-state index in [9.17, 15) is 27.6 Å². The van der Waals surface area contributed by atoms with Crippen molar-refractivity contribution in [3.05, 3.63) is 35.4 Å². The summed E-state index contributed by atoms with van der Waals surface area (Å²) in [5.41, 5.74) is -1.22. The Morgan fingerprint density at radius 2 is 1.74 bits per heavy atom. The number of hydrogen-bond acceptors (Lipinski definition) is 5. The van der Waals surface area contributed by atoms with Crippen molar-refractivity contribution >= 4 is 18.0 Å².